The van der Waals surface area contributed by atoms with Gasteiger partial charge in [0.2, 0.25) is 0 Å². The maximum Gasteiger partial charge on any atom is 0.261 e. The number of hydrogen-bond donors (Lipinski definition) is 1. The highest BCUT2D eigenvalue weighted by molar-refractivity contribution is 6.22. The van der Waals surface area contributed by atoms with Gasteiger partial charge < -0.3 is 10.1 Å². The molecule has 1 saturated heterocycles. The molecule has 0 atom stereocenters. The van der Waals surface area contributed by atoms with Gasteiger partial charge in [0.05, 0.1) is 30.9 Å². The van der Waals surface area contributed by atoms with Gasteiger partial charge in [-0.05, 0) is 35.9 Å². The topological polar surface area (TPSA) is 79.0 Å². The van der Waals surface area contributed by atoms with Gasteiger partial charge in [0.25, 0.3) is 17.7 Å². The molecule has 30 heavy (non-hydrogen) atoms. The molecule has 2 aromatic rings. The van der Waals surface area contributed by atoms with Gasteiger partial charge in [-0.3, -0.25) is 24.2 Å². The molecule has 2 aliphatic heterocycles. The Bertz CT molecular complexity index is 988. The van der Waals surface area contributed by atoms with E-state index in [0.717, 1.165) is 24.5 Å². The standard InChI is InChI=1S/C22H22FN3O4/c23-17-3-1-2-15(12-17)14-26-21(28)18-5-4-16(13-19(18)22(26)29)20(27)24-6-7-25-8-10-30-11-9-25/h1-5,12-13H,6-11,14H2,(H,24,27). The molecule has 2 aliphatic rings. The minimum Gasteiger partial charge on any atom is -0.379 e. The van der Waals surface area contributed by atoms with E-state index in [-0.39, 0.29) is 23.6 Å². The quantitative estimate of drug-likeness (QED) is 0.732. The average Bonchev–Trinajstić information content (AvgIpc) is 2.99. The lowest BCUT2D eigenvalue weighted by atomic mass is 10.1. The molecule has 0 radical (unpaired) electrons. The number of hydrogen-bond acceptors (Lipinski definition) is 5. The molecule has 0 aromatic heterocycles. The Balaban J connectivity index is 1.41. The molecule has 156 valence electrons. The van der Waals surface area contributed by atoms with Crippen molar-refractivity contribution in [1.29, 1.82) is 0 Å². The van der Waals surface area contributed by atoms with E-state index in [4.69, 9.17) is 4.74 Å². The third-order valence-electron chi connectivity index (χ3n) is 5.28. The van der Waals surface area contributed by atoms with Crippen LogP contribution in [0, 0.1) is 5.82 Å². The first-order valence-corrected chi connectivity index (χ1v) is 9.86. The Morgan fingerprint density at radius 3 is 2.57 bits per heavy atom. The van der Waals surface area contributed by atoms with Crippen molar-refractivity contribution in [2.45, 2.75) is 6.54 Å². The third kappa shape index (κ3) is 4.24. The second kappa shape index (κ2) is 8.73. The van der Waals surface area contributed by atoms with E-state index in [1.807, 2.05) is 0 Å². The average molecular weight is 411 g/mol. The number of nitrogens with zero attached hydrogens (tertiary/aromatic N) is 2. The summed E-state index contributed by atoms with van der Waals surface area (Å²) in [5.41, 5.74) is 1.29. The number of halogens is 1. The minimum absolute atomic E-state index is 0.0226. The van der Waals surface area contributed by atoms with E-state index >= 15 is 0 Å². The highest BCUT2D eigenvalue weighted by Gasteiger charge is 2.36. The molecule has 8 heteroatoms. The summed E-state index contributed by atoms with van der Waals surface area (Å²) in [4.78, 5) is 41.1. The Morgan fingerprint density at radius 2 is 1.80 bits per heavy atom. The first-order valence-electron chi connectivity index (χ1n) is 9.86. The molecule has 1 fully saturated rings. The molecule has 0 aliphatic carbocycles. The van der Waals surface area contributed by atoms with Crippen molar-refractivity contribution in [3.05, 3.63) is 70.5 Å². The van der Waals surface area contributed by atoms with Gasteiger partial charge in [-0.2, -0.15) is 0 Å². The smallest absolute Gasteiger partial charge is 0.261 e. The Labute approximate surface area is 173 Å². The Morgan fingerprint density at radius 1 is 1.03 bits per heavy atom. The number of fused-ring (bicyclic) bond motifs is 1. The highest BCUT2D eigenvalue weighted by Crippen LogP contribution is 2.26. The van der Waals surface area contributed by atoms with E-state index in [9.17, 15) is 18.8 Å². The lowest BCUT2D eigenvalue weighted by Gasteiger charge is -2.26. The zero-order valence-corrected chi connectivity index (χ0v) is 16.4. The van der Waals surface area contributed by atoms with Crippen LogP contribution in [-0.4, -0.2) is 66.9 Å². The van der Waals surface area contributed by atoms with Crippen LogP contribution < -0.4 is 5.32 Å². The molecule has 7 nitrogen and oxygen atoms in total. The van der Waals surface area contributed by atoms with Crippen LogP contribution >= 0.6 is 0 Å². The zero-order chi connectivity index (χ0) is 21.1. The lowest BCUT2D eigenvalue weighted by Crippen LogP contribution is -2.41. The number of carbonyl (C=O) groups is 3. The molecule has 2 heterocycles. The summed E-state index contributed by atoms with van der Waals surface area (Å²) in [6.45, 7) is 4.25. The number of imide groups is 1. The van der Waals surface area contributed by atoms with E-state index in [0.29, 0.717) is 30.9 Å². The predicted octanol–water partition coefficient (Wildman–Crippen LogP) is 1.68. The maximum absolute atomic E-state index is 13.4. The molecule has 0 unspecified atom stereocenters. The summed E-state index contributed by atoms with van der Waals surface area (Å²) in [7, 11) is 0. The molecule has 1 N–H and O–H groups in total. The van der Waals surface area contributed by atoms with Gasteiger partial charge in [-0.25, -0.2) is 4.39 Å². The van der Waals surface area contributed by atoms with Gasteiger partial charge >= 0.3 is 0 Å². The first-order chi connectivity index (χ1) is 14.5. The van der Waals surface area contributed by atoms with E-state index in [1.165, 1.54) is 30.3 Å². The summed E-state index contributed by atoms with van der Waals surface area (Å²) < 4.78 is 18.7. The van der Waals surface area contributed by atoms with Crippen LogP contribution in [0.1, 0.15) is 36.6 Å². The first kappa shape index (κ1) is 20.2. The number of rotatable bonds is 6. The van der Waals surface area contributed by atoms with Gasteiger partial charge in [-0.1, -0.05) is 12.1 Å². The van der Waals surface area contributed by atoms with Crippen molar-refractivity contribution >= 4 is 17.7 Å². The molecule has 0 saturated carbocycles. The normalized spacial score (nSPS) is 16.6. The Hall–Kier alpha value is -3.10. The van der Waals surface area contributed by atoms with Crippen LogP contribution in [0.15, 0.2) is 42.5 Å². The Kier molecular flexibility index (Phi) is 5.87. The van der Waals surface area contributed by atoms with Crippen molar-refractivity contribution < 1.29 is 23.5 Å². The van der Waals surface area contributed by atoms with Crippen LogP contribution in [0.25, 0.3) is 0 Å². The van der Waals surface area contributed by atoms with Gasteiger partial charge in [0, 0.05) is 31.7 Å². The SMILES string of the molecule is O=C(NCCN1CCOCC1)c1ccc2c(c1)C(=O)N(Cc1cccc(F)c1)C2=O. The van der Waals surface area contributed by atoms with Crippen molar-refractivity contribution in [1.82, 2.24) is 15.1 Å². The zero-order valence-electron chi connectivity index (χ0n) is 16.4. The summed E-state index contributed by atoms with van der Waals surface area (Å²) >= 11 is 0. The number of benzene rings is 2. The van der Waals surface area contributed by atoms with Crippen LogP contribution in [0.5, 0.6) is 0 Å². The summed E-state index contributed by atoms with van der Waals surface area (Å²) in [6.07, 6.45) is 0. The van der Waals surface area contributed by atoms with E-state index in [1.54, 1.807) is 12.1 Å². The van der Waals surface area contributed by atoms with Crippen molar-refractivity contribution in [2.75, 3.05) is 39.4 Å². The second-order valence-electron chi connectivity index (χ2n) is 7.30. The molecule has 0 spiro atoms. The minimum atomic E-state index is -0.484. The number of ether oxygens (including phenoxy) is 1. The summed E-state index contributed by atoms with van der Waals surface area (Å²) in [5.74, 6) is -1.66. The van der Waals surface area contributed by atoms with E-state index in [2.05, 4.69) is 10.2 Å². The number of amides is 3. The van der Waals surface area contributed by atoms with Crippen molar-refractivity contribution in [3.63, 3.8) is 0 Å². The molecule has 0 bridgehead atoms. The van der Waals surface area contributed by atoms with E-state index < -0.39 is 17.6 Å². The van der Waals surface area contributed by atoms with Gasteiger partial charge in [0.1, 0.15) is 5.82 Å². The molecule has 3 amide bonds. The van der Waals surface area contributed by atoms with Gasteiger partial charge in [-0.15, -0.1) is 0 Å². The number of carbonyl (C=O) groups excluding carboxylic acids is 3. The van der Waals surface area contributed by atoms with Crippen LogP contribution in [0.3, 0.4) is 0 Å². The van der Waals surface area contributed by atoms with Crippen LogP contribution in [0.2, 0.25) is 0 Å². The fourth-order valence-electron chi connectivity index (χ4n) is 3.65. The number of nitrogens with one attached hydrogen (secondary N) is 1. The fraction of sp³-hybridized carbons (Fsp3) is 0.318. The molecule has 4 rings (SSSR count). The lowest BCUT2D eigenvalue weighted by molar-refractivity contribution is 0.0383. The molecule has 2 aromatic carbocycles. The van der Waals surface area contributed by atoms with Crippen LogP contribution in [-0.2, 0) is 11.3 Å². The number of morpholine rings is 1. The van der Waals surface area contributed by atoms with Crippen molar-refractivity contribution in [2.24, 2.45) is 0 Å². The monoisotopic (exact) mass is 411 g/mol. The van der Waals surface area contributed by atoms with Crippen LogP contribution in [0.4, 0.5) is 4.39 Å². The predicted molar refractivity (Wildman–Crippen MR) is 107 cm³/mol. The van der Waals surface area contributed by atoms with Crippen molar-refractivity contribution in [3.8, 4) is 0 Å². The largest absolute Gasteiger partial charge is 0.379 e. The third-order valence-corrected chi connectivity index (χ3v) is 5.28. The molecular weight excluding hydrogens is 389 g/mol. The highest BCUT2D eigenvalue weighted by atomic mass is 19.1. The summed E-state index contributed by atoms with van der Waals surface area (Å²) in [6, 6.07) is 10.3. The van der Waals surface area contributed by atoms with Gasteiger partial charge in [0.15, 0.2) is 0 Å². The molecular formula is C22H22FN3O4. The summed E-state index contributed by atoms with van der Waals surface area (Å²) in [5, 5.41) is 2.85. The second-order valence-corrected chi connectivity index (χ2v) is 7.30. The fourth-order valence-corrected chi connectivity index (χ4v) is 3.65. The maximum atomic E-state index is 13.4.